The molecule has 0 amide bonds. The van der Waals surface area contributed by atoms with Gasteiger partial charge in [-0.25, -0.2) is 0 Å². The molecule has 0 saturated carbocycles. The molecule has 0 unspecified atom stereocenters. The van der Waals surface area contributed by atoms with Gasteiger partial charge in [0.05, 0.1) is 5.69 Å². The Hall–Kier alpha value is -7.36. The van der Waals surface area contributed by atoms with Crippen molar-refractivity contribution in [3.05, 3.63) is 199 Å². The molecule has 12 rings (SSSR count). The van der Waals surface area contributed by atoms with Crippen LogP contribution in [0.25, 0.3) is 88.0 Å². The van der Waals surface area contributed by atoms with Gasteiger partial charge in [0.15, 0.2) is 5.58 Å². The summed E-state index contributed by atoms with van der Waals surface area (Å²) in [6.45, 7) is 4.67. The van der Waals surface area contributed by atoms with Crippen molar-refractivity contribution < 1.29 is 8.83 Å². The molecule has 9 aromatic carbocycles. The molecule has 0 atom stereocenters. The maximum atomic E-state index is 7.00. The fourth-order valence-corrected chi connectivity index (χ4v) is 9.67. The fraction of sp³-hybridized carbons (Fsp3) is 0.0545. The van der Waals surface area contributed by atoms with Gasteiger partial charge >= 0.3 is 0 Å². The molecular weight excluding hydrogens is 707 g/mol. The molecule has 0 bridgehead atoms. The van der Waals surface area contributed by atoms with Crippen LogP contribution in [0.5, 0.6) is 0 Å². The van der Waals surface area contributed by atoms with E-state index < -0.39 is 0 Å². The Morgan fingerprint density at radius 3 is 1.93 bits per heavy atom. The Morgan fingerprint density at radius 2 is 1.03 bits per heavy atom. The third-order valence-electron chi connectivity index (χ3n) is 12.4. The van der Waals surface area contributed by atoms with Crippen LogP contribution in [-0.2, 0) is 5.41 Å². The topological polar surface area (TPSA) is 29.5 Å². The summed E-state index contributed by atoms with van der Waals surface area (Å²) in [5.74, 6) is 0. The van der Waals surface area contributed by atoms with Crippen molar-refractivity contribution in [3.8, 4) is 33.4 Å². The van der Waals surface area contributed by atoms with Crippen molar-refractivity contribution in [1.82, 2.24) is 0 Å². The fourth-order valence-electron chi connectivity index (χ4n) is 9.67. The van der Waals surface area contributed by atoms with Crippen LogP contribution in [0.15, 0.2) is 197 Å². The molecule has 0 aliphatic heterocycles. The second kappa shape index (κ2) is 12.3. The van der Waals surface area contributed by atoms with Gasteiger partial charge in [-0.1, -0.05) is 147 Å². The average Bonchev–Trinajstić information content (AvgIpc) is 3.92. The highest BCUT2D eigenvalue weighted by atomic mass is 16.3. The molecule has 3 heteroatoms. The maximum Gasteiger partial charge on any atom is 0.159 e. The Balaban J connectivity index is 1.07. The number of fused-ring (bicyclic) bond motifs is 11. The number of anilines is 3. The molecule has 58 heavy (non-hydrogen) atoms. The van der Waals surface area contributed by atoms with Gasteiger partial charge in [0.25, 0.3) is 0 Å². The van der Waals surface area contributed by atoms with Crippen LogP contribution in [0.4, 0.5) is 17.1 Å². The minimum absolute atomic E-state index is 0.0439. The van der Waals surface area contributed by atoms with E-state index in [1.807, 2.05) is 12.1 Å². The van der Waals surface area contributed by atoms with Crippen molar-refractivity contribution in [2.75, 3.05) is 4.90 Å². The summed E-state index contributed by atoms with van der Waals surface area (Å²) < 4.78 is 13.3. The first kappa shape index (κ1) is 32.8. The van der Waals surface area contributed by atoms with Gasteiger partial charge in [0.2, 0.25) is 0 Å². The average molecular weight is 744 g/mol. The second-order valence-electron chi connectivity index (χ2n) is 16.1. The largest absolute Gasteiger partial charge is 0.456 e. The lowest BCUT2D eigenvalue weighted by molar-refractivity contribution is 0.660. The van der Waals surface area contributed by atoms with E-state index in [-0.39, 0.29) is 5.41 Å². The van der Waals surface area contributed by atoms with Crippen LogP contribution < -0.4 is 4.90 Å². The van der Waals surface area contributed by atoms with Crippen LogP contribution in [0.3, 0.4) is 0 Å². The van der Waals surface area contributed by atoms with E-state index in [4.69, 9.17) is 8.83 Å². The van der Waals surface area contributed by atoms with Crippen LogP contribution in [0.1, 0.15) is 25.0 Å². The first-order valence-corrected chi connectivity index (χ1v) is 20.0. The van der Waals surface area contributed by atoms with Crippen molar-refractivity contribution >= 4 is 71.7 Å². The van der Waals surface area contributed by atoms with E-state index in [0.717, 1.165) is 88.4 Å². The van der Waals surface area contributed by atoms with Crippen LogP contribution >= 0.6 is 0 Å². The first-order chi connectivity index (χ1) is 28.5. The van der Waals surface area contributed by atoms with E-state index >= 15 is 0 Å². The Bertz CT molecular complexity index is 3450. The Labute approximate surface area is 336 Å². The quantitative estimate of drug-likeness (QED) is 0.176. The smallest absolute Gasteiger partial charge is 0.159 e. The number of benzene rings is 9. The lowest BCUT2D eigenvalue weighted by atomic mass is 9.82. The lowest BCUT2D eigenvalue weighted by Crippen LogP contribution is -2.14. The maximum absolute atomic E-state index is 7.00. The van der Waals surface area contributed by atoms with Gasteiger partial charge < -0.3 is 13.7 Å². The highest BCUT2D eigenvalue weighted by molar-refractivity contribution is 6.18. The molecule has 11 aromatic rings. The Morgan fingerprint density at radius 1 is 0.397 bits per heavy atom. The molecule has 274 valence electrons. The molecule has 2 heterocycles. The van der Waals surface area contributed by atoms with E-state index in [1.54, 1.807) is 0 Å². The van der Waals surface area contributed by atoms with Crippen LogP contribution in [0, 0.1) is 0 Å². The van der Waals surface area contributed by atoms with Gasteiger partial charge in [-0.05, 0) is 104 Å². The summed E-state index contributed by atoms with van der Waals surface area (Å²) in [4.78, 5) is 2.36. The third kappa shape index (κ3) is 4.80. The minimum atomic E-state index is -0.0439. The van der Waals surface area contributed by atoms with Gasteiger partial charge in [-0.3, -0.25) is 0 Å². The molecule has 0 radical (unpaired) electrons. The second-order valence-corrected chi connectivity index (χ2v) is 16.1. The van der Waals surface area contributed by atoms with Crippen molar-refractivity contribution in [3.63, 3.8) is 0 Å². The zero-order valence-corrected chi connectivity index (χ0v) is 32.2. The van der Waals surface area contributed by atoms with E-state index in [2.05, 4.69) is 195 Å². The van der Waals surface area contributed by atoms with E-state index in [0.29, 0.717) is 0 Å². The van der Waals surface area contributed by atoms with Crippen LogP contribution in [-0.4, -0.2) is 0 Å². The van der Waals surface area contributed by atoms with Gasteiger partial charge in [-0.15, -0.1) is 0 Å². The molecule has 1 aliphatic carbocycles. The molecule has 1 aliphatic rings. The predicted molar refractivity (Wildman–Crippen MR) is 242 cm³/mol. The minimum Gasteiger partial charge on any atom is -0.456 e. The van der Waals surface area contributed by atoms with Gasteiger partial charge in [0.1, 0.15) is 16.7 Å². The summed E-state index contributed by atoms with van der Waals surface area (Å²) in [6, 6.07) is 67.7. The number of furan rings is 2. The summed E-state index contributed by atoms with van der Waals surface area (Å²) in [7, 11) is 0. The third-order valence-corrected chi connectivity index (χ3v) is 12.4. The van der Waals surface area contributed by atoms with E-state index in [1.165, 1.54) is 27.8 Å². The zero-order valence-electron chi connectivity index (χ0n) is 32.2. The molecule has 0 saturated heterocycles. The summed E-state index contributed by atoms with van der Waals surface area (Å²) in [5, 5.41) is 6.70. The highest BCUT2D eigenvalue weighted by Crippen LogP contribution is 2.50. The number of nitrogens with zero attached hydrogens (tertiary/aromatic N) is 1. The number of hydrogen-bond acceptors (Lipinski definition) is 3. The SMILES string of the molecule is CC1(C)c2ccccc2-c2cc(-c3cccc(N(c4cccc(-c5cccc6oc7ccccc7c56)c4)c4cccc5c4oc4c6ccccc6ccc54)c3)ccc21. The zero-order chi connectivity index (χ0) is 38.5. The van der Waals surface area contributed by atoms with Crippen molar-refractivity contribution in [1.29, 1.82) is 0 Å². The van der Waals surface area contributed by atoms with Gasteiger partial charge in [-0.2, -0.15) is 0 Å². The normalized spacial score (nSPS) is 13.1. The van der Waals surface area contributed by atoms with E-state index in [9.17, 15) is 0 Å². The Kier molecular flexibility index (Phi) is 6.98. The number of para-hydroxylation sites is 2. The number of rotatable bonds is 5. The van der Waals surface area contributed by atoms with Crippen LogP contribution in [0.2, 0.25) is 0 Å². The molecule has 0 N–H and O–H groups in total. The van der Waals surface area contributed by atoms with Crippen molar-refractivity contribution in [2.24, 2.45) is 0 Å². The monoisotopic (exact) mass is 743 g/mol. The molecule has 2 aromatic heterocycles. The standard InChI is InChI=1S/C55H37NO2/c1-55(2)47-23-7-5-19-42(47)46-33-36(28-30-48(46)55)35-14-9-16-38(31-35)56(49-24-11-22-43-44-29-27-34-13-3-4-18-41(34)53(44)58-54(43)49)39-17-10-15-37(32-39)40-21-12-26-51-52(40)45-20-6-8-25-50(45)57-51/h3-33H,1-2H3. The highest BCUT2D eigenvalue weighted by Gasteiger charge is 2.35. The summed E-state index contributed by atoms with van der Waals surface area (Å²) >= 11 is 0. The van der Waals surface area contributed by atoms with Crippen molar-refractivity contribution in [2.45, 2.75) is 19.3 Å². The predicted octanol–water partition coefficient (Wildman–Crippen LogP) is 15.7. The molecular formula is C55H37NO2. The number of hydrogen-bond donors (Lipinski definition) is 0. The molecule has 0 fully saturated rings. The summed E-state index contributed by atoms with van der Waals surface area (Å²) in [5.41, 5.74) is 16.5. The molecule has 3 nitrogen and oxygen atoms in total. The first-order valence-electron chi connectivity index (χ1n) is 20.0. The van der Waals surface area contributed by atoms with Gasteiger partial charge in [0, 0.05) is 43.7 Å². The summed E-state index contributed by atoms with van der Waals surface area (Å²) in [6.07, 6.45) is 0. The molecule has 0 spiro atoms. The lowest BCUT2D eigenvalue weighted by Gasteiger charge is -2.26.